The van der Waals surface area contributed by atoms with Crippen molar-refractivity contribution in [1.82, 2.24) is 5.32 Å². The molecule has 0 heterocycles. The summed E-state index contributed by atoms with van der Waals surface area (Å²) in [6, 6.07) is 0. The van der Waals surface area contributed by atoms with Gasteiger partial charge < -0.3 is 10.1 Å². The van der Waals surface area contributed by atoms with Crippen LogP contribution in [-0.2, 0) is 4.74 Å². The first-order valence-corrected chi connectivity index (χ1v) is 6.20. The van der Waals surface area contributed by atoms with Crippen molar-refractivity contribution in [2.75, 3.05) is 26.3 Å². The van der Waals surface area contributed by atoms with Crippen molar-refractivity contribution in [3.63, 3.8) is 0 Å². The van der Waals surface area contributed by atoms with Crippen molar-refractivity contribution in [2.24, 2.45) is 0 Å². The van der Waals surface area contributed by atoms with E-state index in [4.69, 9.17) is 4.74 Å². The van der Waals surface area contributed by atoms with Gasteiger partial charge in [0.05, 0.1) is 0 Å². The first-order chi connectivity index (χ1) is 6.91. The second-order valence-electron chi connectivity index (χ2n) is 3.78. The van der Waals surface area contributed by atoms with E-state index in [-0.39, 0.29) is 0 Å². The SMILES string of the molecule is CCCNCCCCCCOCCC. The number of rotatable bonds is 11. The third-order valence-corrected chi connectivity index (χ3v) is 2.17. The van der Waals surface area contributed by atoms with Crippen LogP contribution < -0.4 is 5.32 Å². The molecule has 0 spiro atoms. The van der Waals surface area contributed by atoms with Gasteiger partial charge in [-0.15, -0.1) is 0 Å². The normalized spacial score (nSPS) is 10.7. The lowest BCUT2D eigenvalue weighted by Crippen LogP contribution is -2.15. The average Bonchev–Trinajstić information content (AvgIpc) is 2.21. The monoisotopic (exact) mass is 201 g/mol. The second-order valence-corrected chi connectivity index (χ2v) is 3.78. The molecule has 0 aliphatic rings. The minimum atomic E-state index is 0.929. The smallest absolute Gasteiger partial charge is 0.0466 e. The van der Waals surface area contributed by atoms with E-state index in [2.05, 4.69) is 19.2 Å². The molecule has 0 aromatic rings. The molecule has 86 valence electrons. The maximum Gasteiger partial charge on any atom is 0.0466 e. The summed E-state index contributed by atoms with van der Waals surface area (Å²) < 4.78 is 5.41. The maximum absolute atomic E-state index is 5.41. The molecule has 0 aliphatic heterocycles. The standard InChI is InChI=1S/C12H27NO/c1-3-9-13-10-7-5-6-8-12-14-11-4-2/h13H,3-12H2,1-2H3. The Morgan fingerprint density at radius 1 is 0.786 bits per heavy atom. The Morgan fingerprint density at radius 2 is 1.57 bits per heavy atom. The van der Waals surface area contributed by atoms with E-state index in [9.17, 15) is 0 Å². The van der Waals surface area contributed by atoms with Gasteiger partial charge in [0.1, 0.15) is 0 Å². The van der Waals surface area contributed by atoms with Crippen molar-refractivity contribution >= 4 is 0 Å². The van der Waals surface area contributed by atoms with Gasteiger partial charge in [-0.05, 0) is 38.8 Å². The summed E-state index contributed by atoms with van der Waals surface area (Å²) in [5, 5.41) is 3.42. The molecular weight excluding hydrogens is 174 g/mol. The molecule has 0 aromatic heterocycles. The summed E-state index contributed by atoms with van der Waals surface area (Å²) in [5.74, 6) is 0. The van der Waals surface area contributed by atoms with Crippen LogP contribution in [0.5, 0.6) is 0 Å². The third-order valence-electron chi connectivity index (χ3n) is 2.17. The molecule has 14 heavy (non-hydrogen) atoms. The van der Waals surface area contributed by atoms with Crippen LogP contribution >= 0.6 is 0 Å². The molecule has 0 aromatic carbocycles. The van der Waals surface area contributed by atoms with Crippen LogP contribution in [0, 0.1) is 0 Å². The average molecular weight is 201 g/mol. The van der Waals surface area contributed by atoms with Crippen LogP contribution in [0.1, 0.15) is 52.4 Å². The highest BCUT2D eigenvalue weighted by atomic mass is 16.5. The van der Waals surface area contributed by atoms with Gasteiger partial charge in [0, 0.05) is 13.2 Å². The molecule has 1 N–H and O–H groups in total. The van der Waals surface area contributed by atoms with Crippen molar-refractivity contribution < 1.29 is 4.74 Å². The molecule has 0 radical (unpaired) electrons. The molecule has 0 bridgehead atoms. The van der Waals surface area contributed by atoms with Crippen molar-refractivity contribution in [2.45, 2.75) is 52.4 Å². The van der Waals surface area contributed by atoms with Crippen molar-refractivity contribution in [3.8, 4) is 0 Å². The minimum Gasteiger partial charge on any atom is -0.381 e. The summed E-state index contributed by atoms with van der Waals surface area (Å²) in [6.07, 6.45) is 7.58. The van der Waals surface area contributed by atoms with Crippen LogP contribution in [-0.4, -0.2) is 26.3 Å². The number of ether oxygens (including phenoxy) is 1. The van der Waals surface area contributed by atoms with E-state index < -0.39 is 0 Å². The lowest BCUT2D eigenvalue weighted by molar-refractivity contribution is 0.130. The zero-order valence-electron chi connectivity index (χ0n) is 9.98. The number of hydrogen-bond donors (Lipinski definition) is 1. The molecule has 2 heteroatoms. The van der Waals surface area contributed by atoms with Gasteiger partial charge in [-0.1, -0.05) is 26.7 Å². The highest BCUT2D eigenvalue weighted by Crippen LogP contribution is 1.99. The summed E-state index contributed by atoms with van der Waals surface area (Å²) in [6.45, 7) is 8.59. The fraction of sp³-hybridized carbons (Fsp3) is 1.00. The van der Waals surface area contributed by atoms with Gasteiger partial charge in [-0.3, -0.25) is 0 Å². The van der Waals surface area contributed by atoms with Gasteiger partial charge in [-0.2, -0.15) is 0 Å². The summed E-state index contributed by atoms with van der Waals surface area (Å²) in [5.41, 5.74) is 0. The van der Waals surface area contributed by atoms with Crippen LogP contribution in [0.2, 0.25) is 0 Å². The van der Waals surface area contributed by atoms with E-state index in [0.717, 1.165) is 19.6 Å². The number of hydrogen-bond acceptors (Lipinski definition) is 2. The predicted molar refractivity (Wildman–Crippen MR) is 62.7 cm³/mol. The Balaban J connectivity index is 2.78. The fourth-order valence-electron chi connectivity index (χ4n) is 1.36. The first-order valence-electron chi connectivity index (χ1n) is 6.20. The highest BCUT2D eigenvalue weighted by molar-refractivity contribution is 4.48. The Labute approximate surface area is 89.4 Å². The Kier molecular flexibility index (Phi) is 12.8. The Hall–Kier alpha value is -0.0800. The largest absolute Gasteiger partial charge is 0.381 e. The van der Waals surface area contributed by atoms with Gasteiger partial charge in [0.15, 0.2) is 0 Å². The van der Waals surface area contributed by atoms with Crippen LogP contribution in [0.3, 0.4) is 0 Å². The summed E-state index contributed by atoms with van der Waals surface area (Å²) >= 11 is 0. The maximum atomic E-state index is 5.41. The van der Waals surface area contributed by atoms with E-state index in [1.165, 1.54) is 45.2 Å². The zero-order valence-corrected chi connectivity index (χ0v) is 9.98. The fourth-order valence-corrected chi connectivity index (χ4v) is 1.36. The molecule has 2 nitrogen and oxygen atoms in total. The molecule has 0 aliphatic carbocycles. The topological polar surface area (TPSA) is 21.3 Å². The van der Waals surface area contributed by atoms with Crippen molar-refractivity contribution in [1.29, 1.82) is 0 Å². The zero-order chi connectivity index (χ0) is 10.5. The molecular formula is C12H27NO. The molecule has 0 saturated carbocycles. The first kappa shape index (κ1) is 13.9. The Morgan fingerprint density at radius 3 is 2.29 bits per heavy atom. The van der Waals surface area contributed by atoms with E-state index in [1.54, 1.807) is 0 Å². The van der Waals surface area contributed by atoms with Gasteiger partial charge in [0.25, 0.3) is 0 Å². The van der Waals surface area contributed by atoms with Crippen LogP contribution in [0.25, 0.3) is 0 Å². The van der Waals surface area contributed by atoms with E-state index in [0.29, 0.717) is 0 Å². The lowest BCUT2D eigenvalue weighted by atomic mass is 10.2. The van der Waals surface area contributed by atoms with Gasteiger partial charge in [-0.25, -0.2) is 0 Å². The van der Waals surface area contributed by atoms with Gasteiger partial charge in [0.2, 0.25) is 0 Å². The highest BCUT2D eigenvalue weighted by Gasteiger charge is 1.90. The third kappa shape index (κ3) is 11.9. The Bertz CT molecular complexity index is 84.3. The molecule has 0 rings (SSSR count). The number of nitrogens with one attached hydrogen (secondary N) is 1. The summed E-state index contributed by atoms with van der Waals surface area (Å²) in [4.78, 5) is 0. The summed E-state index contributed by atoms with van der Waals surface area (Å²) in [7, 11) is 0. The molecule has 0 amide bonds. The predicted octanol–water partition coefficient (Wildman–Crippen LogP) is 2.97. The lowest BCUT2D eigenvalue weighted by Gasteiger charge is -2.03. The quantitative estimate of drug-likeness (QED) is 0.519. The second kappa shape index (κ2) is 12.9. The molecule has 0 saturated heterocycles. The minimum absolute atomic E-state index is 0.929. The van der Waals surface area contributed by atoms with Crippen molar-refractivity contribution in [3.05, 3.63) is 0 Å². The number of unbranched alkanes of at least 4 members (excludes halogenated alkanes) is 3. The molecule has 0 unspecified atom stereocenters. The van der Waals surface area contributed by atoms with E-state index >= 15 is 0 Å². The van der Waals surface area contributed by atoms with Gasteiger partial charge >= 0.3 is 0 Å². The molecule has 0 atom stereocenters. The van der Waals surface area contributed by atoms with Crippen LogP contribution in [0.4, 0.5) is 0 Å². The van der Waals surface area contributed by atoms with E-state index in [1.807, 2.05) is 0 Å². The molecule has 0 fully saturated rings. The van der Waals surface area contributed by atoms with Crippen LogP contribution in [0.15, 0.2) is 0 Å².